The fourth-order valence-electron chi connectivity index (χ4n) is 6.87. The molecule has 0 saturated heterocycles. The van der Waals surface area contributed by atoms with Crippen molar-refractivity contribution in [1.82, 2.24) is 9.80 Å². The van der Waals surface area contributed by atoms with Crippen LogP contribution in [0.5, 0.6) is 40.2 Å². The molecule has 0 aliphatic carbocycles. The van der Waals surface area contributed by atoms with Gasteiger partial charge in [-0.1, -0.05) is 18.2 Å². The fourth-order valence-corrected chi connectivity index (χ4v) is 6.87. The first-order valence-corrected chi connectivity index (χ1v) is 15.8. The third-order valence-electron chi connectivity index (χ3n) is 9.57. The molecule has 0 fully saturated rings. The van der Waals surface area contributed by atoms with E-state index in [0.29, 0.717) is 11.5 Å². The Morgan fingerprint density at radius 1 is 0.587 bits per heavy atom. The number of nitrogens with zero attached hydrogens (tertiary/aromatic N) is 2. The van der Waals surface area contributed by atoms with Crippen molar-refractivity contribution in [3.05, 3.63) is 100 Å². The number of fused-ring (bicyclic) bond motifs is 2. The lowest BCUT2D eigenvalue weighted by molar-refractivity contribution is 0.227. The Balaban J connectivity index is 1.18. The molecule has 0 bridgehead atoms. The summed E-state index contributed by atoms with van der Waals surface area (Å²) in [7, 11) is 11.0. The number of benzene rings is 4. The number of hydrogen-bond donors (Lipinski definition) is 1. The van der Waals surface area contributed by atoms with Gasteiger partial charge in [0, 0.05) is 25.2 Å². The van der Waals surface area contributed by atoms with Gasteiger partial charge in [0.1, 0.15) is 5.75 Å². The summed E-state index contributed by atoms with van der Waals surface area (Å²) in [4.78, 5) is 4.77. The molecule has 8 heteroatoms. The van der Waals surface area contributed by atoms with E-state index >= 15 is 0 Å². The second-order valence-corrected chi connectivity index (χ2v) is 12.3. The third-order valence-corrected chi connectivity index (χ3v) is 9.57. The van der Waals surface area contributed by atoms with Gasteiger partial charge in [0.05, 0.1) is 28.4 Å². The van der Waals surface area contributed by atoms with Gasteiger partial charge in [-0.25, -0.2) is 0 Å². The van der Waals surface area contributed by atoms with Crippen molar-refractivity contribution >= 4 is 0 Å². The van der Waals surface area contributed by atoms with E-state index in [-0.39, 0.29) is 17.8 Å². The van der Waals surface area contributed by atoms with Crippen LogP contribution in [0.3, 0.4) is 0 Å². The molecule has 0 spiro atoms. The summed E-state index contributed by atoms with van der Waals surface area (Å²) in [6.45, 7) is 1.93. The highest BCUT2D eigenvalue weighted by molar-refractivity contribution is 5.52. The largest absolute Gasteiger partial charge is 0.504 e. The standard InChI is InChI=1S/C38H44N2O6/c1-39-15-13-26-20-35(42-3)37(44-5)22-29(26)31(39)17-24-7-10-28(11-8-24)46-34-19-25(9-12-33(34)41)18-32-30-23-38(45-6)36(43-4)21-27(30)14-16-40(32)2/h7-12,19-23,31-32,41H,13-18H2,1-6H3/t31-,32+/m0/s1. The van der Waals surface area contributed by atoms with Crippen molar-refractivity contribution in [2.75, 3.05) is 55.6 Å². The molecule has 0 saturated carbocycles. The van der Waals surface area contributed by atoms with Crippen LogP contribution in [0.2, 0.25) is 0 Å². The Hall–Kier alpha value is -4.40. The zero-order valence-corrected chi connectivity index (χ0v) is 27.6. The zero-order chi connectivity index (χ0) is 32.4. The van der Waals surface area contributed by atoms with Crippen molar-refractivity contribution in [1.29, 1.82) is 0 Å². The van der Waals surface area contributed by atoms with Gasteiger partial charge in [-0.05, 0) is 122 Å². The highest BCUT2D eigenvalue weighted by Gasteiger charge is 2.29. The van der Waals surface area contributed by atoms with E-state index < -0.39 is 0 Å². The second-order valence-electron chi connectivity index (χ2n) is 12.3. The van der Waals surface area contributed by atoms with Gasteiger partial charge in [-0.3, -0.25) is 9.80 Å². The molecule has 8 nitrogen and oxygen atoms in total. The highest BCUT2D eigenvalue weighted by Crippen LogP contribution is 2.41. The molecule has 4 aromatic carbocycles. The molecule has 0 aromatic heterocycles. The number of likely N-dealkylation sites (N-methyl/N-ethyl adjacent to an activating group) is 2. The van der Waals surface area contributed by atoms with Crippen LogP contribution >= 0.6 is 0 Å². The lowest BCUT2D eigenvalue weighted by Gasteiger charge is -2.35. The molecular formula is C38H44N2O6. The highest BCUT2D eigenvalue weighted by atomic mass is 16.5. The molecule has 6 rings (SSSR count). The number of aromatic hydroxyl groups is 1. The van der Waals surface area contributed by atoms with Gasteiger partial charge < -0.3 is 28.8 Å². The monoisotopic (exact) mass is 624 g/mol. The smallest absolute Gasteiger partial charge is 0.169 e. The summed E-state index contributed by atoms with van der Waals surface area (Å²) in [5.74, 6) is 4.25. The van der Waals surface area contributed by atoms with Crippen LogP contribution in [0.15, 0.2) is 66.7 Å². The zero-order valence-electron chi connectivity index (χ0n) is 27.6. The van der Waals surface area contributed by atoms with Crippen LogP contribution in [0.25, 0.3) is 0 Å². The van der Waals surface area contributed by atoms with E-state index in [1.807, 2.05) is 24.3 Å². The summed E-state index contributed by atoms with van der Waals surface area (Å²) in [5, 5.41) is 10.7. The summed E-state index contributed by atoms with van der Waals surface area (Å²) in [6.07, 6.45) is 3.55. The first-order chi connectivity index (χ1) is 22.3. The minimum atomic E-state index is 0.112. The molecule has 2 atom stereocenters. The Kier molecular flexibility index (Phi) is 9.29. The molecule has 0 unspecified atom stereocenters. The number of phenols is 1. The topological polar surface area (TPSA) is 72.9 Å². The molecule has 46 heavy (non-hydrogen) atoms. The molecule has 0 amide bonds. The van der Waals surface area contributed by atoms with Crippen LogP contribution in [0.1, 0.15) is 45.5 Å². The Morgan fingerprint density at radius 2 is 1.04 bits per heavy atom. The second kappa shape index (κ2) is 13.5. The van der Waals surface area contributed by atoms with E-state index in [1.165, 1.54) is 27.8 Å². The van der Waals surface area contributed by atoms with Gasteiger partial charge in [0.15, 0.2) is 34.5 Å². The van der Waals surface area contributed by atoms with Crippen LogP contribution in [0, 0.1) is 0 Å². The predicted octanol–water partition coefficient (Wildman–Crippen LogP) is 6.76. The summed E-state index contributed by atoms with van der Waals surface area (Å²) >= 11 is 0. The van der Waals surface area contributed by atoms with E-state index in [0.717, 1.165) is 67.3 Å². The molecule has 2 aliphatic heterocycles. The number of ether oxygens (including phenoxy) is 5. The van der Waals surface area contributed by atoms with Crippen LogP contribution < -0.4 is 23.7 Å². The Morgan fingerprint density at radius 3 is 1.54 bits per heavy atom. The van der Waals surface area contributed by atoms with E-state index in [2.05, 4.69) is 60.3 Å². The number of rotatable bonds is 10. The third kappa shape index (κ3) is 6.32. The quantitative estimate of drug-likeness (QED) is 0.208. The van der Waals surface area contributed by atoms with E-state index in [4.69, 9.17) is 23.7 Å². The lowest BCUT2D eigenvalue weighted by atomic mass is 9.88. The molecule has 4 aromatic rings. The van der Waals surface area contributed by atoms with Crippen LogP contribution in [-0.2, 0) is 25.7 Å². The number of phenolic OH excluding ortho intramolecular Hbond substituents is 1. The summed E-state index contributed by atoms with van der Waals surface area (Å²) < 4.78 is 28.6. The van der Waals surface area contributed by atoms with Gasteiger partial charge in [0.25, 0.3) is 0 Å². The normalized spacial score (nSPS) is 18.0. The van der Waals surface area contributed by atoms with Crippen molar-refractivity contribution in [2.45, 2.75) is 37.8 Å². The molecule has 0 radical (unpaired) electrons. The summed E-state index contributed by atoms with van der Waals surface area (Å²) in [5.41, 5.74) is 7.38. The van der Waals surface area contributed by atoms with Gasteiger partial charge in [-0.15, -0.1) is 0 Å². The SMILES string of the molecule is COc1cc2c(cc1OC)[C@@H](Cc1ccc(O)c(Oc3ccc(C[C@H]4c5cc(OC)c(OC)cc5CCN4C)cc3)c1)N(C)CC2. The van der Waals surface area contributed by atoms with Gasteiger partial charge >= 0.3 is 0 Å². The van der Waals surface area contributed by atoms with Crippen molar-refractivity contribution in [3.8, 4) is 40.2 Å². The molecule has 2 heterocycles. The maximum atomic E-state index is 10.7. The molecule has 242 valence electrons. The first kappa shape index (κ1) is 31.6. The van der Waals surface area contributed by atoms with Gasteiger partial charge in [-0.2, -0.15) is 0 Å². The average molecular weight is 625 g/mol. The van der Waals surface area contributed by atoms with Crippen LogP contribution in [-0.4, -0.2) is 70.5 Å². The van der Waals surface area contributed by atoms with Crippen molar-refractivity contribution in [3.63, 3.8) is 0 Å². The van der Waals surface area contributed by atoms with E-state index in [1.54, 1.807) is 34.5 Å². The minimum absolute atomic E-state index is 0.112. The first-order valence-electron chi connectivity index (χ1n) is 15.8. The predicted molar refractivity (Wildman–Crippen MR) is 179 cm³/mol. The Bertz CT molecular complexity index is 1690. The van der Waals surface area contributed by atoms with Crippen LogP contribution in [0.4, 0.5) is 0 Å². The summed E-state index contributed by atoms with van der Waals surface area (Å²) in [6, 6.07) is 22.6. The molecule has 1 N–H and O–H groups in total. The number of methoxy groups -OCH3 is 4. The Labute approximate surface area is 272 Å². The lowest BCUT2D eigenvalue weighted by Crippen LogP contribution is -2.33. The molecular weight excluding hydrogens is 580 g/mol. The maximum absolute atomic E-state index is 10.7. The average Bonchev–Trinajstić information content (AvgIpc) is 3.08. The van der Waals surface area contributed by atoms with E-state index in [9.17, 15) is 5.11 Å². The van der Waals surface area contributed by atoms with Crippen molar-refractivity contribution in [2.24, 2.45) is 0 Å². The minimum Gasteiger partial charge on any atom is -0.504 e. The molecule has 2 aliphatic rings. The number of hydrogen-bond acceptors (Lipinski definition) is 8. The fraction of sp³-hybridized carbons (Fsp3) is 0.368. The van der Waals surface area contributed by atoms with Gasteiger partial charge in [0.2, 0.25) is 0 Å². The van der Waals surface area contributed by atoms with Crippen molar-refractivity contribution < 1.29 is 28.8 Å². The maximum Gasteiger partial charge on any atom is 0.169 e.